The molecule has 1 aliphatic rings. The van der Waals surface area contributed by atoms with Crippen LogP contribution < -0.4 is 5.32 Å². The quantitative estimate of drug-likeness (QED) is 0.893. The van der Waals surface area contributed by atoms with Crippen LogP contribution in [0.1, 0.15) is 36.0 Å². The Morgan fingerprint density at radius 2 is 2.24 bits per heavy atom. The summed E-state index contributed by atoms with van der Waals surface area (Å²) in [5.41, 5.74) is 0.537. The number of nitrogens with one attached hydrogen (secondary N) is 1. The standard InChI is InChI=1S/C13H15BrClNO/c14-10-4-5-12(15)11(8-10)13(17)16-7-6-9-2-1-3-9/h4-5,8-9H,1-3,6-7H2,(H,16,17). The number of hydrogen-bond acceptors (Lipinski definition) is 1. The van der Waals surface area contributed by atoms with Crippen molar-refractivity contribution in [1.82, 2.24) is 5.32 Å². The average molecular weight is 317 g/mol. The summed E-state index contributed by atoms with van der Waals surface area (Å²) < 4.78 is 0.867. The normalized spacial score (nSPS) is 15.4. The van der Waals surface area contributed by atoms with E-state index in [4.69, 9.17) is 11.6 Å². The maximum absolute atomic E-state index is 11.9. The van der Waals surface area contributed by atoms with E-state index in [2.05, 4.69) is 21.2 Å². The Labute approximate surface area is 115 Å². The topological polar surface area (TPSA) is 29.1 Å². The molecule has 2 rings (SSSR count). The summed E-state index contributed by atoms with van der Waals surface area (Å²) in [5, 5.41) is 3.42. The van der Waals surface area contributed by atoms with Gasteiger partial charge in [-0.2, -0.15) is 0 Å². The van der Waals surface area contributed by atoms with Crippen molar-refractivity contribution in [3.8, 4) is 0 Å². The maximum Gasteiger partial charge on any atom is 0.252 e. The third-order valence-electron chi connectivity index (χ3n) is 3.24. The largest absolute Gasteiger partial charge is 0.352 e. The van der Waals surface area contributed by atoms with E-state index >= 15 is 0 Å². The van der Waals surface area contributed by atoms with Crippen LogP contribution in [-0.4, -0.2) is 12.5 Å². The number of carbonyl (C=O) groups is 1. The summed E-state index contributed by atoms with van der Waals surface area (Å²) in [4.78, 5) is 11.9. The molecule has 0 spiro atoms. The second kappa shape index (κ2) is 5.87. The molecule has 4 heteroatoms. The van der Waals surface area contributed by atoms with Crippen molar-refractivity contribution in [2.24, 2.45) is 5.92 Å². The monoisotopic (exact) mass is 315 g/mol. The van der Waals surface area contributed by atoms with Gasteiger partial charge in [0.2, 0.25) is 0 Å². The van der Waals surface area contributed by atoms with Crippen molar-refractivity contribution in [2.45, 2.75) is 25.7 Å². The summed E-state index contributed by atoms with van der Waals surface area (Å²) >= 11 is 9.33. The van der Waals surface area contributed by atoms with Gasteiger partial charge in [-0.25, -0.2) is 0 Å². The lowest BCUT2D eigenvalue weighted by molar-refractivity contribution is 0.0949. The molecule has 0 aromatic heterocycles. The van der Waals surface area contributed by atoms with Gasteiger partial charge in [0.15, 0.2) is 0 Å². The van der Waals surface area contributed by atoms with Crippen molar-refractivity contribution in [2.75, 3.05) is 6.54 Å². The first-order valence-corrected chi connectivity index (χ1v) is 7.07. The Morgan fingerprint density at radius 3 is 2.88 bits per heavy atom. The van der Waals surface area contributed by atoms with Crippen molar-refractivity contribution < 1.29 is 4.79 Å². The third kappa shape index (κ3) is 3.46. The number of hydrogen-bond donors (Lipinski definition) is 1. The molecule has 1 aliphatic carbocycles. The molecular weight excluding hydrogens is 302 g/mol. The molecule has 0 radical (unpaired) electrons. The molecule has 2 nitrogen and oxygen atoms in total. The molecule has 0 bridgehead atoms. The van der Waals surface area contributed by atoms with Gasteiger partial charge in [0, 0.05) is 11.0 Å². The van der Waals surface area contributed by atoms with Crippen molar-refractivity contribution in [3.63, 3.8) is 0 Å². The van der Waals surface area contributed by atoms with Crippen LogP contribution in [0, 0.1) is 5.92 Å². The highest BCUT2D eigenvalue weighted by Crippen LogP contribution is 2.28. The lowest BCUT2D eigenvalue weighted by atomic mass is 9.83. The lowest BCUT2D eigenvalue weighted by Gasteiger charge is -2.25. The van der Waals surface area contributed by atoms with E-state index in [1.807, 2.05) is 6.07 Å². The Bertz CT molecular complexity index is 418. The Morgan fingerprint density at radius 1 is 1.47 bits per heavy atom. The van der Waals surface area contributed by atoms with E-state index in [1.54, 1.807) is 12.1 Å². The van der Waals surface area contributed by atoms with E-state index in [0.717, 1.165) is 23.4 Å². The second-order valence-corrected chi connectivity index (χ2v) is 5.79. The van der Waals surface area contributed by atoms with Crippen LogP contribution in [0.25, 0.3) is 0 Å². The first-order chi connectivity index (χ1) is 8.16. The number of benzene rings is 1. The number of amides is 1. The fraction of sp³-hybridized carbons (Fsp3) is 0.462. The predicted molar refractivity (Wildman–Crippen MR) is 73.4 cm³/mol. The van der Waals surface area contributed by atoms with Crippen LogP contribution in [0.5, 0.6) is 0 Å². The van der Waals surface area contributed by atoms with Gasteiger partial charge in [0.1, 0.15) is 0 Å². The van der Waals surface area contributed by atoms with E-state index < -0.39 is 0 Å². The van der Waals surface area contributed by atoms with Gasteiger partial charge in [0.05, 0.1) is 10.6 Å². The highest BCUT2D eigenvalue weighted by molar-refractivity contribution is 9.10. The fourth-order valence-corrected chi connectivity index (χ4v) is 2.50. The van der Waals surface area contributed by atoms with Gasteiger partial charge in [-0.15, -0.1) is 0 Å². The minimum Gasteiger partial charge on any atom is -0.352 e. The molecule has 0 aliphatic heterocycles. The molecule has 0 saturated heterocycles. The lowest BCUT2D eigenvalue weighted by Crippen LogP contribution is -2.27. The zero-order valence-electron chi connectivity index (χ0n) is 9.51. The van der Waals surface area contributed by atoms with Gasteiger partial charge in [-0.05, 0) is 30.5 Å². The minimum atomic E-state index is -0.0874. The first kappa shape index (κ1) is 12.9. The molecule has 92 valence electrons. The van der Waals surface area contributed by atoms with Gasteiger partial charge in [-0.1, -0.05) is 46.8 Å². The van der Waals surface area contributed by atoms with E-state index in [1.165, 1.54) is 19.3 Å². The molecule has 1 aromatic rings. The zero-order chi connectivity index (χ0) is 12.3. The summed E-state index contributed by atoms with van der Waals surface area (Å²) in [6, 6.07) is 5.31. The van der Waals surface area contributed by atoms with Crippen LogP contribution in [0.15, 0.2) is 22.7 Å². The van der Waals surface area contributed by atoms with Gasteiger partial charge < -0.3 is 5.32 Å². The summed E-state index contributed by atoms with van der Waals surface area (Å²) in [5.74, 6) is 0.726. The molecule has 0 unspecified atom stereocenters. The van der Waals surface area contributed by atoms with Gasteiger partial charge in [0.25, 0.3) is 5.91 Å². The van der Waals surface area contributed by atoms with E-state index in [9.17, 15) is 4.79 Å². The zero-order valence-corrected chi connectivity index (χ0v) is 11.9. The molecule has 1 amide bonds. The molecule has 1 N–H and O–H groups in total. The van der Waals surface area contributed by atoms with E-state index in [0.29, 0.717) is 10.6 Å². The third-order valence-corrected chi connectivity index (χ3v) is 4.06. The van der Waals surface area contributed by atoms with Crippen molar-refractivity contribution in [1.29, 1.82) is 0 Å². The molecule has 0 atom stereocenters. The van der Waals surface area contributed by atoms with Crippen molar-refractivity contribution in [3.05, 3.63) is 33.3 Å². The van der Waals surface area contributed by atoms with Crippen LogP contribution in [0.2, 0.25) is 5.02 Å². The Kier molecular flexibility index (Phi) is 4.46. The Hall–Kier alpha value is -0.540. The molecular formula is C13H15BrClNO. The molecule has 1 aromatic carbocycles. The Balaban J connectivity index is 1.87. The van der Waals surface area contributed by atoms with Crippen LogP contribution in [0.3, 0.4) is 0 Å². The average Bonchev–Trinajstić information content (AvgIpc) is 2.25. The highest BCUT2D eigenvalue weighted by atomic mass is 79.9. The molecule has 0 heterocycles. The number of halogens is 2. The summed E-state index contributed by atoms with van der Waals surface area (Å²) in [6.07, 6.45) is 5.05. The van der Waals surface area contributed by atoms with Gasteiger partial charge in [-0.3, -0.25) is 4.79 Å². The van der Waals surface area contributed by atoms with Gasteiger partial charge >= 0.3 is 0 Å². The minimum absolute atomic E-state index is 0.0874. The molecule has 1 fully saturated rings. The molecule has 17 heavy (non-hydrogen) atoms. The van der Waals surface area contributed by atoms with E-state index in [-0.39, 0.29) is 5.91 Å². The SMILES string of the molecule is O=C(NCCC1CCC1)c1cc(Br)ccc1Cl. The van der Waals surface area contributed by atoms with Crippen LogP contribution in [0.4, 0.5) is 0 Å². The maximum atomic E-state index is 11.9. The fourth-order valence-electron chi connectivity index (χ4n) is 1.94. The number of carbonyl (C=O) groups excluding carboxylic acids is 1. The number of rotatable bonds is 4. The van der Waals surface area contributed by atoms with Crippen LogP contribution in [-0.2, 0) is 0 Å². The molecule has 1 saturated carbocycles. The second-order valence-electron chi connectivity index (χ2n) is 4.47. The predicted octanol–water partition coefficient (Wildman–Crippen LogP) is 4.02. The van der Waals surface area contributed by atoms with Crippen molar-refractivity contribution >= 4 is 33.4 Å². The summed E-state index contributed by atoms with van der Waals surface area (Å²) in [6.45, 7) is 0.742. The smallest absolute Gasteiger partial charge is 0.252 e. The highest BCUT2D eigenvalue weighted by Gasteiger charge is 2.17. The first-order valence-electron chi connectivity index (χ1n) is 5.90. The van der Waals surface area contributed by atoms with Crippen LogP contribution >= 0.6 is 27.5 Å². The summed E-state index contributed by atoms with van der Waals surface area (Å²) in [7, 11) is 0.